The Kier molecular flexibility index (Phi) is 4.35. The van der Waals surface area contributed by atoms with Gasteiger partial charge in [-0.05, 0) is 47.3 Å². The van der Waals surface area contributed by atoms with Crippen LogP contribution >= 0.6 is 15.9 Å². The monoisotopic (exact) mass is 315 g/mol. The maximum absolute atomic E-state index is 13.7. The first kappa shape index (κ1) is 13.5. The van der Waals surface area contributed by atoms with Crippen molar-refractivity contribution in [2.24, 2.45) is 0 Å². The van der Waals surface area contributed by atoms with E-state index in [9.17, 15) is 14.3 Å². The molecule has 5 heteroatoms. The first-order valence-electron chi connectivity index (χ1n) is 6.01. The topological polar surface area (TPSA) is 40.5 Å². The molecule has 3 nitrogen and oxygen atoms in total. The van der Waals surface area contributed by atoms with Crippen molar-refractivity contribution in [3.05, 3.63) is 34.1 Å². The van der Waals surface area contributed by atoms with Crippen LogP contribution in [0.3, 0.4) is 0 Å². The minimum absolute atomic E-state index is 0.0536. The predicted molar refractivity (Wildman–Crippen MR) is 69.9 cm³/mol. The lowest BCUT2D eigenvalue weighted by Crippen LogP contribution is -2.46. The molecule has 98 valence electrons. The minimum atomic E-state index is -0.531. The number of halogens is 2. The van der Waals surface area contributed by atoms with Crippen LogP contribution in [0.4, 0.5) is 4.39 Å². The van der Waals surface area contributed by atoms with Gasteiger partial charge in [-0.1, -0.05) is 6.07 Å². The molecule has 0 aromatic heterocycles. The van der Waals surface area contributed by atoms with E-state index in [0.29, 0.717) is 11.0 Å². The molecule has 2 rings (SSSR count). The van der Waals surface area contributed by atoms with Crippen molar-refractivity contribution < 1.29 is 14.3 Å². The molecule has 0 radical (unpaired) electrons. The molecule has 1 aliphatic heterocycles. The third-order valence-corrected chi connectivity index (χ3v) is 3.94. The molecule has 0 saturated carbocycles. The second kappa shape index (κ2) is 5.80. The van der Waals surface area contributed by atoms with Gasteiger partial charge >= 0.3 is 0 Å². The van der Waals surface area contributed by atoms with E-state index in [2.05, 4.69) is 15.9 Å². The van der Waals surface area contributed by atoms with Crippen molar-refractivity contribution in [1.29, 1.82) is 0 Å². The fourth-order valence-electron chi connectivity index (χ4n) is 2.30. The number of carbonyl (C=O) groups excluding carboxylic acids is 1. The molecule has 1 unspecified atom stereocenters. The average molecular weight is 316 g/mol. The first-order chi connectivity index (χ1) is 8.65. The van der Waals surface area contributed by atoms with Crippen LogP contribution in [0.15, 0.2) is 22.7 Å². The van der Waals surface area contributed by atoms with Crippen LogP contribution in [0.1, 0.15) is 29.6 Å². The van der Waals surface area contributed by atoms with E-state index in [1.165, 1.54) is 6.07 Å². The lowest BCUT2D eigenvalue weighted by molar-refractivity contribution is 0.0497. The van der Waals surface area contributed by atoms with Gasteiger partial charge in [0.05, 0.1) is 18.2 Å². The van der Waals surface area contributed by atoms with Gasteiger partial charge in [-0.3, -0.25) is 4.79 Å². The zero-order valence-electron chi connectivity index (χ0n) is 9.90. The highest BCUT2D eigenvalue weighted by Gasteiger charge is 2.29. The summed E-state index contributed by atoms with van der Waals surface area (Å²) in [7, 11) is 0. The molecular formula is C13H15BrFNO2. The van der Waals surface area contributed by atoms with Crippen LogP contribution in [0, 0.1) is 5.82 Å². The summed E-state index contributed by atoms with van der Waals surface area (Å²) in [4.78, 5) is 13.9. The SMILES string of the molecule is O=C(c1c(F)cccc1Br)N1CCCCC1CO. The van der Waals surface area contributed by atoms with E-state index in [-0.39, 0.29) is 24.1 Å². The van der Waals surface area contributed by atoms with E-state index in [1.807, 2.05) is 0 Å². The summed E-state index contributed by atoms with van der Waals surface area (Å²) in [5.41, 5.74) is 0.0536. The molecule has 1 atom stereocenters. The van der Waals surface area contributed by atoms with Crippen LogP contribution in [0.25, 0.3) is 0 Å². The number of nitrogens with zero attached hydrogens (tertiary/aromatic N) is 1. The van der Waals surface area contributed by atoms with Crippen molar-refractivity contribution in [3.63, 3.8) is 0 Å². The molecule has 1 aromatic carbocycles. The number of benzene rings is 1. The zero-order chi connectivity index (χ0) is 13.1. The average Bonchev–Trinajstić information content (AvgIpc) is 2.38. The number of aliphatic hydroxyl groups excluding tert-OH is 1. The van der Waals surface area contributed by atoms with E-state index >= 15 is 0 Å². The standard InChI is InChI=1S/C13H15BrFNO2/c14-10-5-3-6-11(15)12(10)13(18)16-7-2-1-4-9(16)8-17/h3,5-6,9,17H,1-2,4,7-8H2. The lowest BCUT2D eigenvalue weighted by atomic mass is 10.0. The minimum Gasteiger partial charge on any atom is -0.394 e. The van der Waals surface area contributed by atoms with Gasteiger partial charge in [0.25, 0.3) is 5.91 Å². The second-order valence-corrected chi connectivity index (χ2v) is 5.28. The Balaban J connectivity index is 2.30. The summed E-state index contributed by atoms with van der Waals surface area (Å²) in [5.74, 6) is -0.879. The Morgan fingerprint density at radius 2 is 2.28 bits per heavy atom. The molecular weight excluding hydrogens is 301 g/mol. The van der Waals surface area contributed by atoms with Crippen LogP contribution < -0.4 is 0 Å². The van der Waals surface area contributed by atoms with Gasteiger partial charge in [0.2, 0.25) is 0 Å². The van der Waals surface area contributed by atoms with Crippen molar-refractivity contribution in [2.45, 2.75) is 25.3 Å². The Morgan fingerprint density at radius 3 is 2.94 bits per heavy atom. The molecule has 0 aliphatic carbocycles. The number of hydrogen-bond donors (Lipinski definition) is 1. The van der Waals surface area contributed by atoms with Crippen LogP contribution in [-0.4, -0.2) is 35.1 Å². The highest BCUT2D eigenvalue weighted by molar-refractivity contribution is 9.10. The summed E-state index contributed by atoms with van der Waals surface area (Å²) in [6.07, 6.45) is 2.66. The molecule has 1 saturated heterocycles. The fraction of sp³-hybridized carbons (Fsp3) is 0.462. The van der Waals surface area contributed by atoms with E-state index in [1.54, 1.807) is 17.0 Å². The van der Waals surface area contributed by atoms with Gasteiger partial charge in [-0.15, -0.1) is 0 Å². The van der Waals surface area contributed by atoms with Gasteiger partial charge in [-0.25, -0.2) is 4.39 Å². The number of hydrogen-bond acceptors (Lipinski definition) is 2. The third-order valence-electron chi connectivity index (χ3n) is 3.28. The smallest absolute Gasteiger partial charge is 0.258 e. The Bertz CT molecular complexity index is 432. The summed E-state index contributed by atoms with van der Waals surface area (Å²) in [6.45, 7) is 0.503. The zero-order valence-corrected chi connectivity index (χ0v) is 11.5. The van der Waals surface area contributed by atoms with Crippen molar-refractivity contribution in [1.82, 2.24) is 4.90 Å². The Hall–Kier alpha value is -0.940. The number of rotatable bonds is 2. The van der Waals surface area contributed by atoms with Gasteiger partial charge in [0.15, 0.2) is 0 Å². The van der Waals surface area contributed by atoms with Crippen LogP contribution in [0.5, 0.6) is 0 Å². The Labute approximate surface area is 114 Å². The van der Waals surface area contributed by atoms with Crippen LogP contribution in [0.2, 0.25) is 0 Å². The second-order valence-electron chi connectivity index (χ2n) is 4.43. The molecule has 1 aliphatic rings. The van der Waals surface area contributed by atoms with E-state index < -0.39 is 5.82 Å². The molecule has 0 spiro atoms. The number of aliphatic hydroxyl groups is 1. The number of carbonyl (C=O) groups is 1. The quantitative estimate of drug-likeness (QED) is 0.911. The number of piperidine rings is 1. The fourth-order valence-corrected chi connectivity index (χ4v) is 2.82. The van der Waals surface area contributed by atoms with Crippen LogP contribution in [-0.2, 0) is 0 Å². The van der Waals surface area contributed by atoms with Gasteiger partial charge in [0, 0.05) is 11.0 Å². The molecule has 1 amide bonds. The third kappa shape index (κ3) is 2.57. The first-order valence-corrected chi connectivity index (χ1v) is 6.80. The maximum atomic E-state index is 13.7. The Morgan fingerprint density at radius 1 is 1.50 bits per heavy atom. The normalized spacial score (nSPS) is 19.9. The molecule has 0 bridgehead atoms. The molecule has 1 fully saturated rings. The highest BCUT2D eigenvalue weighted by atomic mass is 79.9. The predicted octanol–water partition coefficient (Wildman–Crippen LogP) is 2.58. The van der Waals surface area contributed by atoms with Crippen molar-refractivity contribution >= 4 is 21.8 Å². The van der Waals surface area contributed by atoms with Crippen molar-refractivity contribution in [3.8, 4) is 0 Å². The highest BCUT2D eigenvalue weighted by Crippen LogP contribution is 2.25. The van der Waals surface area contributed by atoms with Gasteiger partial charge in [-0.2, -0.15) is 0 Å². The van der Waals surface area contributed by atoms with Crippen molar-refractivity contribution in [2.75, 3.05) is 13.2 Å². The summed E-state index contributed by atoms with van der Waals surface area (Å²) < 4.78 is 14.2. The number of amides is 1. The van der Waals surface area contributed by atoms with Gasteiger partial charge in [0.1, 0.15) is 5.82 Å². The summed E-state index contributed by atoms with van der Waals surface area (Å²) >= 11 is 3.21. The lowest BCUT2D eigenvalue weighted by Gasteiger charge is -2.34. The number of likely N-dealkylation sites (tertiary alicyclic amines) is 1. The molecule has 1 heterocycles. The summed E-state index contributed by atoms with van der Waals surface area (Å²) in [6, 6.07) is 4.28. The van der Waals surface area contributed by atoms with E-state index in [0.717, 1.165) is 19.3 Å². The summed E-state index contributed by atoms with van der Waals surface area (Å²) in [5, 5.41) is 9.30. The molecule has 1 aromatic rings. The maximum Gasteiger partial charge on any atom is 0.258 e. The molecule has 1 N–H and O–H groups in total. The largest absolute Gasteiger partial charge is 0.394 e. The van der Waals surface area contributed by atoms with E-state index in [4.69, 9.17) is 0 Å². The van der Waals surface area contributed by atoms with Gasteiger partial charge < -0.3 is 10.0 Å². The molecule has 18 heavy (non-hydrogen) atoms.